The Labute approximate surface area is 185 Å². The Morgan fingerprint density at radius 1 is 1.26 bits per heavy atom. The predicted molar refractivity (Wildman–Crippen MR) is 123 cm³/mol. The summed E-state index contributed by atoms with van der Waals surface area (Å²) in [5, 5.41) is 22.4. The van der Waals surface area contributed by atoms with E-state index in [0.717, 1.165) is 37.7 Å². The Kier molecular flexibility index (Phi) is 7.24. The van der Waals surface area contributed by atoms with Gasteiger partial charge in [-0.2, -0.15) is 0 Å². The van der Waals surface area contributed by atoms with Crippen molar-refractivity contribution in [1.82, 2.24) is 4.90 Å². The highest BCUT2D eigenvalue weighted by Crippen LogP contribution is 2.48. The highest BCUT2D eigenvalue weighted by Gasteiger charge is 2.35. The first-order chi connectivity index (χ1) is 14.7. The molecule has 31 heavy (non-hydrogen) atoms. The van der Waals surface area contributed by atoms with Gasteiger partial charge in [0.15, 0.2) is 5.78 Å². The quantitative estimate of drug-likeness (QED) is 0.461. The number of likely N-dealkylation sites (tertiary alicyclic amines) is 1. The van der Waals surface area contributed by atoms with Crippen molar-refractivity contribution in [2.75, 3.05) is 13.1 Å². The molecule has 168 valence electrons. The molecule has 0 aromatic heterocycles. The molecule has 1 aliphatic heterocycles. The van der Waals surface area contributed by atoms with Crippen molar-refractivity contribution in [3.8, 4) is 11.5 Å². The molecule has 2 N–H and O–H groups in total. The summed E-state index contributed by atoms with van der Waals surface area (Å²) in [5.74, 6) is -0.546. The minimum absolute atomic E-state index is 0.0280. The number of phenols is 2. The summed E-state index contributed by atoms with van der Waals surface area (Å²) in [5.41, 5.74) is 3.50. The van der Waals surface area contributed by atoms with Gasteiger partial charge >= 0.3 is 0 Å². The number of benzene rings is 1. The van der Waals surface area contributed by atoms with Crippen molar-refractivity contribution < 1.29 is 19.8 Å². The molecule has 1 amide bonds. The molecule has 0 spiro atoms. The van der Waals surface area contributed by atoms with E-state index >= 15 is 0 Å². The molecule has 1 aromatic rings. The third-order valence-electron chi connectivity index (χ3n) is 6.69. The molecule has 1 heterocycles. The first kappa shape index (κ1) is 23.1. The van der Waals surface area contributed by atoms with Crippen LogP contribution in [0.15, 0.2) is 29.9 Å². The second-order valence-corrected chi connectivity index (χ2v) is 9.19. The number of aryl methyl sites for hydroxylation is 1. The van der Waals surface area contributed by atoms with E-state index in [1.165, 1.54) is 10.5 Å². The zero-order chi connectivity index (χ0) is 22.7. The lowest BCUT2D eigenvalue weighted by Crippen LogP contribution is -2.30. The van der Waals surface area contributed by atoms with Crippen LogP contribution in [0.4, 0.5) is 0 Å². The van der Waals surface area contributed by atoms with Gasteiger partial charge in [0.2, 0.25) is 0 Å². The van der Waals surface area contributed by atoms with Crippen molar-refractivity contribution in [2.45, 2.75) is 71.6 Å². The Balaban J connectivity index is 2.12. The maximum atomic E-state index is 13.4. The smallest absolute Gasteiger partial charge is 0.258 e. The largest absolute Gasteiger partial charge is 0.507 e. The number of rotatable bonds is 7. The standard InChI is InChI=1S/C26H35NO4/c1-5-6-7-8-18-14-22(29)24(21-13-17(4)9-10-20(21)16(2)3)25(30)23(18)26(31)27-12-11-19(28)15-27/h13-14,20-21,29-30H,2,5-12,15H2,1,3-4H3. The van der Waals surface area contributed by atoms with Gasteiger partial charge in [0.05, 0.1) is 12.1 Å². The molecular weight excluding hydrogens is 390 g/mol. The number of aromatic hydroxyl groups is 2. The SMILES string of the molecule is C=C(C)C1CCC(C)=CC1c1c(O)cc(CCCCC)c(C(=O)N2CCC(=O)C2)c1O. The summed E-state index contributed by atoms with van der Waals surface area (Å²) < 4.78 is 0. The van der Waals surface area contributed by atoms with E-state index in [-0.39, 0.29) is 47.1 Å². The third kappa shape index (κ3) is 4.86. The first-order valence-electron chi connectivity index (χ1n) is 11.5. The van der Waals surface area contributed by atoms with E-state index in [4.69, 9.17) is 0 Å². The molecule has 2 aliphatic rings. The summed E-state index contributed by atoms with van der Waals surface area (Å²) in [6.45, 7) is 10.7. The molecule has 1 aliphatic carbocycles. The van der Waals surface area contributed by atoms with E-state index in [1.54, 1.807) is 6.07 Å². The fourth-order valence-electron chi connectivity index (χ4n) is 4.92. The Morgan fingerprint density at radius 2 is 2.00 bits per heavy atom. The van der Waals surface area contributed by atoms with E-state index in [9.17, 15) is 19.8 Å². The average molecular weight is 426 g/mol. The number of unbranched alkanes of at least 4 members (excludes halogenated alkanes) is 2. The Bertz CT molecular complexity index is 914. The van der Waals surface area contributed by atoms with Crippen LogP contribution in [0.1, 0.15) is 86.7 Å². The summed E-state index contributed by atoms with van der Waals surface area (Å²) in [7, 11) is 0. The topological polar surface area (TPSA) is 77.8 Å². The van der Waals surface area contributed by atoms with Gasteiger partial charge in [-0.1, -0.05) is 43.6 Å². The van der Waals surface area contributed by atoms with Gasteiger partial charge in [-0.15, -0.1) is 0 Å². The molecule has 5 nitrogen and oxygen atoms in total. The van der Waals surface area contributed by atoms with Gasteiger partial charge in [0.25, 0.3) is 5.91 Å². The predicted octanol–water partition coefficient (Wildman–Crippen LogP) is 5.26. The first-order valence-corrected chi connectivity index (χ1v) is 11.5. The van der Waals surface area contributed by atoms with Gasteiger partial charge in [0.1, 0.15) is 11.5 Å². The van der Waals surface area contributed by atoms with E-state index in [1.807, 2.05) is 6.92 Å². The average Bonchev–Trinajstić information content (AvgIpc) is 3.14. The molecule has 0 radical (unpaired) electrons. The molecule has 1 fully saturated rings. The maximum absolute atomic E-state index is 13.4. The van der Waals surface area contributed by atoms with Crippen molar-refractivity contribution in [3.05, 3.63) is 46.6 Å². The highest BCUT2D eigenvalue weighted by molar-refractivity contribution is 6.02. The Hall–Kier alpha value is -2.56. The van der Waals surface area contributed by atoms with Crippen molar-refractivity contribution in [3.63, 3.8) is 0 Å². The van der Waals surface area contributed by atoms with Crippen LogP contribution in [0.2, 0.25) is 0 Å². The molecule has 2 atom stereocenters. The number of hydrogen-bond acceptors (Lipinski definition) is 4. The summed E-state index contributed by atoms with van der Waals surface area (Å²) in [6, 6.07) is 1.66. The number of allylic oxidation sites excluding steroid dienone is 3. The van der Waals surface area contributed by atoms with Crippen LogP contribution in [0, 0.1) is 5.92 Å². The van der Waals surface area contributed by atoms with E-state index in [2.05, 4.69) is 26.5 Å². The van der Waals surface area contributed by atoms with Crippen molar-refractivity contribution >= 4 is 11.7 Å². The fraction of sp³-hybridized carbons (Fsp3) is 0.538. The summed E-state index contributed by atoms with van der Waals surface area (Å²) in [6.07, 6.45) is 7.78. The van der Waals surface area contributed by atoms with Gasteiger partial charge in [-0.3, -0.25) is 9.59 Å². The number of ketones is 1. The number of nitrogens with zero attached hydrogens (tertiary/aromatic N) is 1. The lowest BCUT2D eigenvalue weighted by Gasteiger charge is -2.32. The number of carbonyl (C=O) groups excluding carboxylic acids is 2. The summed E-state index contributed by atoms with van der Waals surface area (Å²) in [4.78, 5) is 26.7. The number of hydrogen-bond donors (Lipinski definition) is 2. The van der Waals surface area contributed by atoms with Gasteiger partial charge < -0.3 is 15.1 Å². The van der Waals surface area contributed by atoms with Gasteiger partial charge in [-0.05, 0) is 57.1 Å². The molecule has 5 heteroatoms. The zero-order valence-corrected chi connectivity index (χ0v) is 19.0. The lowest BCUT2D eigenvalue weighted by molar-refractivity contribution is -0.116. The van der Waals surface area contributed by atoms with E-state index in [0.29, 0.717) is 30.5 Å². The second-order valence-electron chi connectivity index (χ2n) is 9.19. The van der Waals surface area contributed by atoms with E-state index < -0.39 is 0 Å². The molecule has 1 saturated heterocycles. The Morgan fingerprint density at radius 3 is 2.61 bits per heavy atom. The molecule has 1 aromatic carbocycles. The molecule has 0 saturated carbocycles. The van der Waals surface area contributed by atoms with Crippen LogP contribution in [0.3, 0.4) is 0 Å². The number of phenolic OH excluding ortho intramolecular Hbond substituents is 2. The molecule has 3 rings (SSSR count). The fourth-order valence-corrected chi connectivity index (χ4v) is 4.92. The minimum atomic E-state index is -0.320. The number of carbonyl (C=O) groups is 2. The van der Waals surface area contributed by atoms with Crippen LogP contribution in [-0.2, 0) is 11.2 Å². The monoisotopic (exact) mass is 425 g/mol. The summed E-state index contributed by atoms with van der Waals surface area (Å²) >= 11 is 0. The third-order valence-corrected chi connectivity index (χ3v) is 6.69. The number of Topliss-reactive ketones (excluding diaryl/α,β-unsaturated/α-hetero) is 1. The normalized spacial score (nSPS) is 21.3. The second kappa shape index (κ2) is 9.71. The molecular formula is C26H35NO4. The minimum Gasteiger partial charge on any atom is -0.507 e. The molecule has 2 unspecified atom stereocenters. The zero-order valence-electron chi connectivity index (χ0n) is 19.0. The maximum Gasteiger partial charge on any atom is 0.258 e. The van der Waals surface area contributed by atoms with Gasteiger partial charge in [0, 0.05) is 24.4 Å². The molecule has 0 bridgehead atoms. The highest BCUT2D eigenvalue weighted by atomic mass is 16.3. The van der Waals surface area contributed by atoms with Crippen LogP contribution in [0.25, 0.3) is 0 Å². The van der Waals surface area contributed by atoms with Crippen LogP contribution in [0.5, 0.6) is 11.5 Å². The number of amides is 1. The van der Waals surface area contributed by atoms with Crippen LogP contribution < -0.4 is 0 Å². The van der Waals surface area contributed by atoms with Crippen LogP contribution >= 0.6 is 0 Å². The van der Waals surface area contributed by atoms with Crippen LogP contribution in [-0.4, -0.2) is 39.9 Å². The van der Waals surface area contributed by atoms with Crippen molar-refractivity contribution in [2.24, 2.45) is 5.92 Å². The van der Waals surface area contributed by atoms with Crippen molar-refractivity contribution in [1.29, 1.82) is 0 Å². The van der Waals surface area contributed by atoms with Gasteiger partial charge in [-0.25, -0.2) is 0 Å². The lowest BCUT2D eigenvalue weighted by atomic mass is 9.73.